The number of hydrogen-bond donors (Lipinski definition) is 1. The number of benzene rings is 1. The number of hydrogen-bond acceptors (Lipinski definition) is 5. The van der Waals surface area contributed by atoms with Gasteiger partial charge in [0.15, 0.2) is 0 Å². The van der Waals surface area contributed by atoms with E-state index in [1.54, 1.807) is 12.1 Å². The molecule has 0 spiro atoms. The van der Waals surface area contributed by atoms with Crippen molar-refractivity contribution in [3.8, 4) is 16.9 Å². The van der Waals surface area contributed by atoms with E-state index >= 15 is 0 Å². The summed E-state index contributed by atoms with van der Waals surface area (Å²) in [7, 11) is 3.67. The van der Waals surface area contributed by atoms with Crippen LogP contribution in [0.15, 0.2) is 18.2 Å². The summed E-state index contributed by atoms with van der Waals surface area (Å²) < 4.78 is 19.5. The number of likely N-dealkylation sites (N-methyl/N-ethyl adjacent to an activating group) is 1. The van der Waals surface area contributed by atoms with Gasteiger partial charge in [0.25, 0.3) is 0 Å². The third kappa shape index (κ3) is 4.24. The average molecular weight is 381 g/mol. The first kappa shape index (κ1) is 20.4. The highest BCUT2D eigenvalue weighted by Crippen LogP contribution is 2.30. The molecule has 142 valence electrons. The summed E-state index contributed by atoms with van der Waals surface area (Å²) >= 11 is 0. The number of aromatic nitrogens is 2. The van der Waals surface area contributed by atoms with Gasteiger partial charge >= 0.3 is 0 Å². The second-order valence-electron chi connectivity index (χ2n) is 6.60. The van der Waals surface area contributed by atoms with Crippen molar-refractivity contribution in [1.82, 2.24) is 14.9 Å². The summed E-state index contributed by atoms with van der Waals surface area (Å²) in [6.07, 6.45) is 2.42. The molecule has 1 aromatic heterocycles. The largest absolute Gasteiger partial charge is 0.497 e. The normalized spacial score (nSPS) is 17.0. The summed E-state index contributed by atoms with van der Waals surface area (Å²) in [6, 6.07) is 5.37. The number of ether oxygens (including phenoxy) is 1. The number of rotatable bonds is 5. The van der Waals surface area contributed by atoms with Crippen molar-refractivity contribution in [2.75, 3.05) is 32.6 Å². The number of aryl methyl sites for hydroxylation is 2. The third-order valence-corrected chi connectivity index (χ3v) is 4.88. The first-order valence-electron chi connectivity index (χ1n) is 8.63. The van der Waals surface area contributed by atoms with Crippen molar-refractivity contribution in [1.29, 1.82) is 0 Å². The highest BCUT2D eigenvalue weighted by molar-refractivity contribution is 5.85. The molecule has 26 heavy (non-hydrogen) atoms. The van der Waals surface area contributed by atoms with Gasteiger partial charge in [0.05, 0.1) is 18.5 Å². The lowest BCUT2D eigenvalue weighted by molar-refractivity contribution is 0.322. The fourth-order valence-corrected chi connectivity index (χ4v) is 3.46. The Hall–Kier alpha value is -1.92. The van der Waals surface area contributed by atoms with E-state index in [0.29, 0.717) is 23.3 Å². The van der Waals surface area contributed by atoms with Gasteiger partial charge in [-0.1, -0.05) is 0 Å². The molecule has 1 atom stereocenters. The van der Waals surface area contributed by atoms with Crippen molar-refractivity contribution in [2.45, 2.75) is 32.7 Å². The van der Waals surface area contributed by atoms with Gasteiger partial charge < -0.3 is 15.0 Å². The summed E-state index contributed by atoms with van der Waals surface area (Å²) in [5, 5.41) is 3.33. The van der Waals surface area contributed by atoms with E-state index in [9.17, 15) is 4.39 Å². The number of halogens is 2. The van der Waals surface area contributed by atoms with Gasteiger partial charge in [-0.2, -0.15) is 0 Å². The predicted octanol–water partition coefficient (Wildman–Crippen LogP) is 3.84. The standard InChI is InChI=1S/C19H25FN4O.ClH/c1-12-18(16-8-7-15(25-4)10-17(16)20)13(2)23-19(22-12)21-11-14-6-5-9-24(14)3;/h7-8,10,14H,5-6,9,11H2,1-4H3,(H,21,22,23);1H. The molecule has 0 amide bonds. The van der Waals surface area contributed by atoms with E-state index in [1.807, 2.05) is 13.8 Å². The molecule has 1 unspecified atom stereocenters. The molecule has 1 aliphatic rings. The van der Waals surface area contributed by atoms with Gasteiger partial charge in [0.2, 0.25) is 5.95 Å². The Morgan fingerprint density at radius 1 is 1.27 bits per heavy atom. The van der Waals surface area contributed by atoms with Crippen LogP contribution in [-0.2, 0) is 0 Å². The molecule has 5 nitrogen and oxygen atoms in total. The quantitative estimate of drug-likeness (QED) is 0.854. The highest BCUT2D eigenvalue weighted by Gasteiger charge is 2.21. The second-order valence-corrected chi connectivity index (χ2v) is 6.60. The summed E-state index contributed by atoms with van der Waals surface area (Å²) in [5.41, 5.74) is 2.76. The second kappa shape index (κ2) is 8.64. The lowest BCUT2D eigenvalue weighted by Crippen LogP contribution is -2.32. The summed E-state index contributed by atoms with van der Waals surface area (Å²) in [6.45, 7) is 5.74. The van der Waals surface area contributed by atoms with Crippen LogP contribution in [0.25, 0.3) is 11.1 Å². The molecular weight excluding hydrogens is 355 g/mol. The smallest absolute Gasteiger partial charge is 0.223 e. The zero-order valence-corrected chi connectivity index (χ0v) is 16.5. The Bertz CT molecular complexity index is 748. The lowest BCUT2D eigenvalue weighted by atomic mass is 10.0. The Balaban J connectivity index is 0.00000243. The highest BCUT2D eigenvalue weighted by atomic mass is 35.5. The van der Waals surface area contributed by atoms with Gasteiger partial charge in [-0.3, -0.25) is 0 Å². The minimum atomic E-state index is -0.331. The Kier molecular flexibility index (Phi) is 6.78. The first-order valence-corrected chi connectivity index (χ1v) is 8.63. The van der Waals surface area contributed by atoms with Crippen LogP contribution in [0.1, 0.15) is 24.2 Å². The van der Waals surface area contributed by atoms with Gasteiger partial charge in [0.1, 0.15) is 11.6 Å². The molecule has 1 aromatic carbocycles. The molecular formula is C19H26ClFN4O. The van der Waals surface area contributed by atoms with Crippen LogP contribution in [0.3, 0.4) is 0 Å². The third-order valence-electron chi connectivity index (χ3n) is 4.88. The van der Waals surface area contributed by atoms with Crippen LogP contribution >= 0.6 is 12.4 Å². The van der Waals surface area contributed by atoms with Gasteiger partial charge in [-0.05, 0) is 52.4 Å². The fourth-order valence-electron chi connectivity index (χ4n) is 3.46. The molecule has 0 aliphatic carbocycles. The minimum Gasteiger partial charge on any atom is -0.497 e. The molecule has 2 heterocycles. The maximum atomic E-state index is 14.4. The van der Waals surface area contributed by atoms with Crippen molar-refractivity contribution < 1.29 is 9.13 Å². The van der Waals surface area contributed by atoms with Crippen molar-refractivity contribution in [3.63, 3.8) is 0 Å². The molecule has 1 aliphatic heterocycles. The van der Waals surface area contributed by atoms with E-state index < -0.39 is 0 Å². The molecule has 3 rings (SSSR count). The Morgan fingerprint density at radius 2 is 1.96 bits per heavy atom. The first-order chi connectivity index (χ1) is 12.0. The number of likely N-dealkylation sites (tertiary alicyclic amines) is 1. The number of methoxy groups -OCH3 is 1. The lowest BCUT2D eigenvalue weighted by Gasteiger charge is -2.20. The van der Waals surface area contributed by atoms with Gasteiger partial charge in [-0.25, -0.2) is 14.4 Å². The van der Waals surface area contributed by atoms with E-state index in [4.69, 9.17) is 4.74 Å². The predicted molar refractivity (Wildman–Crippen MR) is 105 cm³/mol. The maximum absolute atomic E-state index is 14.4. The zero-order valence-electron chi connectivity index (χ0n) is 15.7. The molecule has 0 radical (unpaired) electrons. The van der Waals surface area contributed by atoms with Crippen LogP contribution in [0.4, 0.5) is 10.3 Å². The number of anilines is 1. The van der Waals surface area contributed by atoms with E-state index in [-0.39, 0.29) is 18.2 Å². The molecule has 0 bridgehead atoms. The molecule has 1 N–H and O–H groups in total. The fraction of sp³-hybridized carbons (Fsp3) is 0.474. The monoisotopic (exact) mass is 380 g/mol. The average Bonchev–Trinajstić information content (AvgIpc) is 2.98. The van der Waals surface area contributed by atoms with Crippen LogP contribution in [0, 0.1) is 19.7 Å². The molecule has 1 fully saturated rings. The van der Waals surface area contributed by atoms with Crippen LogP contribution in [0.5, 0.6) is 5.75 Å². The number of nitrogens with zero attached hydrogens (tertiary/aromatic N) is 3. The Labute approximate surface area is 160 Å². The molecule has 2 aromatic rings. The van der Waals surface area contributed by atoms with Crippen LogP contribution < -0.4 is 10.1 Å². The van der Waals surface area contributed by atoms with Gasteiger partial charge in [0, 0.05) is 29.8 Å². The van der Waals surface area contributed by atoms with E-state index in [2.05, 4.69) is 27.2 Å². The molecule has 0 saturated carbocycles. The van der Waals surface area contributed by atoms with E-state index in [0.717, 1.165) is 30.0 Å². The zero-order chi connectivity index (χ0) is 18.0. The van der Waals surface area contributed by atoms with Crippen molar-refractivity contribution in [3.05, 3.63) is 35.4 Å². The van der Waals surface area contributed by atoms with E-state index in [1.165, 1.54) is 26.0 Å². The molecule has 1 saturated heterocycles. The van der Waals surface area contributed by atoms with Crippen LogP contribution in [0.2, 0.25) is 0 Å². The summed E-state index contributed by atoms with van der Waals surface area (Å²) in [5.74, 6) is 0.770. The van der Waals surface area contributed by atoms with Crippen molar-refractivity contribution in [2.24, 2.45) is 0 Å². The van der Waals surface area contributed by atoms with Gasteiger partial charge in [-0.15, -0.1) is 12.4 Å². The van der Waals surface area contributed by atoms with Crippen molar-refractivity contribution >= 4 is 18.4 Å². The summed E-state index contributed by atoms with van der Waals surface area (Å²) in [4.78, 5) is 11.4. The topological polar surface area (TPSA) is 50.3 Å². The SMILES string of the molecule is COc1ccc(-c2c(C)nc(NCC3CCCN3C)nc2C)c(F)c1.Cl. The van der Waals surface area contributed by atoms with Crippen LogP contribution in [-0.4, -0.2) is 48.2 Å². The molecule has 7 heteroatoms. The minimum absolute atomic E-state index is 0. The number of nitrogens with one attached hydrogen (secondary N) is 1. The maximum Gasteiger partial charge on any atom is 0.223 e. The Morgan fingerprint density at radius 3 is 2.50 bits per heavy atom.